The maximum Gasteiger partial charge on any atom is 0.363 e. The highest BCUT2D eigenvalue weighted by atomic mass is 35.5. The van der Waals surface area contributed by atoms with Gasteiger partial charge in [0.1, 0.15) is 18.2 Å². The Hall–Kier alpha value is -3.44. The Morgan fingerprint density at radius 1 is 1.07 bits per heavy atom. The van der Waals surface area contributed by atoms with E-state index in [0.29, 0.717) is 22.9 Å². The molecule has 30 heavy (non-hydrogen) atoms. The van der Waals surface area contributed by atoms with E-state index in [1.165, 1.54) is 12.1 Å². The zero-order chi connectivity index (χ0) is 21.1. The van der Waals surface area contributed by atoms with Crippen molar-refractivity contribution in [2.24, 2.45) is 4.99 Å². The molecule has 0 fully saturated rings. The fraction of sp³-hybridized carbons (Fsp3) is 0.0833. The highest BCUT2D eigenvalue weighted by molar-refractivity contribution is 6.31. The molecule has 0 atom stereocenters. The second kappa shape index (κ2) is 8.51. The van der Waals surface area contributed by atoms with Crippen molar-refractivity contribution in [3.63, 3.8) is 0 Å². The van der Waals surface area contributed by atoms with Gasteiger partial charge in [-0.15, -0.1) is 0 Å². The van der Waals surface area contributed by atoms with Crippen LogP contribution >= 0.6 is 11.6 Å². The first kappa shape index (κ1) is 19.9. The summed E-state index contributed by atoms with van der Waals surface area (Å²) >= 11 is 6.14. The highest BCUT2D eigenvalue weighted by Gasteiger charge is 2.24. The van der Waals surface area contributed by atoms with Gasteiger partial charge >= 0.3 is 5.97 Å². The number of ether oxygens (including phenoxy) is 2. The summed E-state index contributed by atoms with van der Waals surface area (Å²) in [6.45, 7) is 2.23. The minimum atomic E-state index is -0.515. The summed E-state index contributed by atoms with van der Waals surface area (Å²) in [6, 6.07) is 18.7. The van der Waals surface area contributed by atoms with Crippen molar-refractivity contribution in [2.75, 3.05) is 0 Å². The molecule has 0 bridgehead atoms. The SMILES string of the molecule is Cc1ccc(C2=N/C(=C/c3ccc(OCc4ccc(F)cc4)cc3)C(=O)O2)cc1Cl. The number of aliphatic imine (C=N–C) groups is 1. The van der Waals surface area contributed by atoms with E-state index in [1.54, 1.807) is 36.4 Å². The summed E-state index contributed by atoms with van der Waals surface area (Å²) in [5.41, 5.74) is 3.44. The van der Waals surface area contributed by atoms with Crippen molar-refractivity contribution < 1.29 is 18.7 Å². The lowest BCUT2D eigenvalue weighted by Crippen LogP contribution is -2.05. The van der Waals surface area contributed by atoms with Crippen LogP contribution in [0.1, 0.15) is 22.3 Å². The second-order valence-electron chi connectivity index (χ2n) is 6.78. The van der Waals surface area contributed by atoms with Crippen LogP contribution in [-0.2, 0) is 16.1 Å². The molecule has 6 heteroatoms. The summed E-state index contributed by atoms with van der Waals surface area (Å²) in [7, 11) is 0. The third-order valence-electron chi connectivity index (χ3n) is 4.54. The highest BCUT2D eigenvalue weighted by Crippen LogP contribution is 2.23. The van der Waals surface area contributed by atoms with Crippen molar-refractivity contribution in [3.8, 4) is 5.75 Å². The molecule has 0 aliphatic carbocycles. The summed E-state index contributed by atoms with van der Waals surface area (Å²) < 4.78 is 23.9. The first-order chi connectivity index (χ1) is 14.5. The molecule has 0 aromatic heterocycles. The van der Waals surface area contributed by atoms with Crippen LogP contribution in [0.4, 0.5) is 4.39 Å². The molecule has 4 nitrogen and oxygen atoms in total. The number of aryl methyl sites for hydroxylation is 1. The van der Waals surface area contributed by atoms with Gasteiger partial charge in [0.25, 0.3) is 0 Å². The molecular weight excluding hydrogens is 405 g/mol. The van der Waals surface area contributed by atoms with Crippen LogP contribution < -0.4 is 4.74 Å². The Morgan fingerprint density at radius 3 is 2.50 bits per heavy atom. The Kier molecular flexibility index (Phi) is 5.63. The number of benzene rings is 3. The van der Waals surface area contributed by atoms with E-state index in [9.17, 15) is 9.18 Å². The molecule has 0 saturated heterocycles. The van der Waals surface area contributed by atoms with Gasteiger partial charge in [0.2, 0.25) is 5.90 Å². The van der Waals surface area contributed by atoms with Gasteiger partial charge in [-0.05, 0) is 66.1 Å². The number of rotatable bonds is 5. The summed E-state index contributed by atoms with van der Waals surface area (Å²) in [5, 5.41) is 0.583. The van der Waals surface area contributed by atoms with E-state index in [-0.39, 0.29) is 17.4 Å². The van der Waals surface area contributed by atoms with Crippen molar-refractivity contribution in [2.45, 2.75) is 13.5 Å². The molecule has 1 heterocycles. The van der Waals surface area contributed by atoms with Gasteiger partial charge in [0.15, 0.2) is 5.70 Å². The molecular formula is C24H17ClFNO3. The molecule has 1 aliphatic rings. The molecule has 0 amide bonds. The second-order valence-corrected chi connectivity index (χ2v) is 7.19. The largest absolute Gasteiger partial charge is 0.489 e. The van der Waals surface area contributed by atoms with Gasteiger partial charge in [-0.3, -0.25) is 0 Å². The monoisotopic (exact) mass is 421 g/mol. The average Bonchev–Trinajstić information content (AvgIpc) is 3.11. The van der Waals surface area contributed by atoms with Crippen LogP contribution in [0.5, 0.6) is 5.75 Å². The Morgan fingerprint density at radius 2 is 1.80 bits per heavy atom. The Labute approximate surface area is 178 Å². The molecule has 0 N–H and O–H groups in total. The minimum absolute atomic E-state index is 0.210. The lowest BCUT2D eigenvalue weighted by atomic mass is 10.1. The summed E-state index contributed by atoms with van der Waals surface area (Å²) in [6.07, 6.45) is 1.65. The number of cyclic esters (lactones) is 1. The predicted octanol–water partition coefficient (Wildman–Crippen LogP) is 5.71. The van der Waals surface area contributed by atoms with Gasteiger partial charge in [-0.2, -0.15) is 0 Å². The Balaban J connectivity index is 1.46. The number of hydrogen-bond donors (Lipinski definition) is 0. The van der Waals surface area contributed by atoms with Gasteiger partial charge in [0.05, 0.1) is 0 Å². The third-order valence-corrected chi connectivity index (χ3v) is 4.95. The van der Waals surface area contributed by atoms with Crippen LogP contribution in [0, 0.1) is 12.7 Å². The molecule has 150 valence electrons. The van der Waals surface area contributed by atoms with Gasteiger partial charge in [-0.1, -0.05) is 41.9 Å². The standard InChI is InChI=1S/C24H17ClFNO3/c1-15-2-7-18(13-21(15)25)23-27-22(24(28)30-23)12-16-5-10-20(11-6-16)29-14-17-3-8-19(26)9-4-17/h2-13H,14H2,1H3/b22-12+. The van der Waals surface area contributed by atoms with Crippen LogP contribution in [0.25, 0.3) is 6.08 Å². The van der Waals surface area contributed by atoms with E-state index in [4.69, 9.17) is 21.1 Å². The number of nitrogens with zero attached hydrogens (tertiary/aromatic N) is 1. The van der Waals surface area contributed by atoms with Crippen molar-refractivity contribution in [1.82, 2.24) is 0 Å². The van der Waals surface area contributed by atoms with E-state index in [2.05, 4.69) is 4.99 Å². The number of esters is 1. The summed E-state index contributed by atoms with van der Waals surface area (Å²) in [4.78, 5) is 16.5. The topological polar surface area (TPSA) is 47.9 Å². The normalized spacial score (nSPS) is 14.6. The number of carbonyl (C=O) groups is 1. The van der Waals surface area contributed by atoms with Gasteiger partial charge < -0.3 is 9.47 Å². The zero-order valence-electron chi connectivity index (χ0n) is 16.1. The third kappa shape index (κ3) is 4.58. The first-order valence-electron chi connectivity index (χ1n) is 9.24. The van der Waals surface area contributed by atoms with Gasteiger partial charge in [0, 0.05) is 10.6 Å². The summed E-state index contributed by atoms with van der Waals surface area (Å²) in [5.74, 6) is 0.0950. The molecule has 0 saturated carbocycles. The quantitative estimate of drug-likeness (QED) is 0.391. The smallest absolute Gasteiger partial charge is 0.363 e. The Bertz CT molecular complexity index is 1150. The minimum Gasteiger partial charge on any atom is -0.489 e. The number of carbonyl (C=O) groups excluding carboxylic acids is 1. The van der Waals surface area contributed by atoms with Gasteiger partial charge in [-0.25, -0.2) is 14.2 Å². The molecule has 4 rings (SSSR count). The maximum absolute atomic E-state index is 12.9. The lowest BCUT2D eigenvalue weighted by Gasteiger charge is -2.06. The van der Waals surface area contributed by atoms with Crippen molar-refractivity contribution in [3.05, 3.63) is 106 Å². The number of halogens is 2. The zero-order valence-corrected chi connectivity index (χ0v) is 16.8. The fourth-order valence-corrected chi connectivity index (χ4v) is 3.00. The van der Waals surface area contributed by atoms with E-state index < -0.39 is 5.97 Å². The first-order valence-corrected chi connectivity index (χ1v) is 9.62. The van der Waals surface area contributed by atoms with Crippen LogP contribution in [-0.4, -0.2) is 11.9 Å². The molecule has 0 radical (unpaired) electrons. The molecule has 3 aromatic rings. The molecule has 3 aromatic carbocycles. The van der Waals surface area contributed by atoms with Crippen LogP contribution in [0.2, 0.25) is 5.02 Å². The van der Waals surface area contributed by atoms with Crippen molar-refractivity contribution in [1.29, 1.82) is 0 Å². The van der Waals surface area contributed by atoms with Crippen LogP contribution in [0.3, 0.4) is 0 Å². The van der Waals surface area contributed by atoms with Crippen LogP contribution in [0.15, 0.2) is 77.4 Å². The van der Waals surface area contributed by atoms with E-state index in [1.807, 2.05) is 31.2 Å². The number of hydrogen-bond acceptors (Lipinski definition) is 4. The molecule has 0 spiro atoms. The van der Waals surface area contributed by atoms with Crippen molar-refractivity contribution >= 4 is 29.5 Å². The van der Waals surface area contributed by atoms with E-state index >= 15 is 0 Å². The average molecular weight is 422 g/mol. The molecule has 0 unspecified atom stereocenters. The van der Waals surface area contributed by atoms with E-state index in [0.717, 1.165) is 16.7 Å². The fourth-order valence-electron chi connectivity index (χ4n) is 2.82. The predicted molar refractivity (Wildman–Crippen MR) is 114 cm³/mol. The maximum atomic E-state index is 12.9. The molecule has 1 aliphatic heterocycles. The lowest BCUT2D eigenvalue weighted by molar-refractivity contribution is -0.129.